The summed E-state index contributed by atoms with van der Waals surface area (Å²) in [6.45, 7) is 1.70. The number of hydrogen-bond acceptors (Lipinski definition) is 5. The molecule has 2 heterocycles. The van der Waals surface area contributed by atoms with Crippen molar-refractivity contribution >= 4 is 17.5 Å². The second kappa shape index (κ2) is 8.77. The molecule has 0 radical (unpaired) electrons. The smallest absolute Gasteiger partial charge is 0.366 e. The minimum absolute atomic E-state index is 0.133. The van der Waals surface area contributed by atoms with Crippen molar-refractivity contribution in [2.24, 2.45) is 5.73 Å². The monoisotopic (exact) mass is 466 g/mol. The van der Waals surface area contributed by atoms with Gasteiger partial charge in [-0.3, -0.25) is 9.59 Å². The summed E-state index contributed by atoms with van der Waals surface area (Å²) < 4.78 is 40.7. The summed E-state index contributed by atoms with van der Waals surface area (Å²) in [7, 11) is 0. The number of hydrogen-bond donors (Lipinski definition) is 2. The summed E-state index contributed by atoms with van der Waals surface area (Å²) in [5.41, 5.74) is 6.77. The highest BCUT2D eigenvalue weighted by molar-refractivity contribution is 6.05. The van der Waals surface area contributed by atoms with E-state index in [1.54, 1.807) is 49.4 Å². The minimum atomic E-state index is -4.74. The number of nitrogens with zero attached hydrogens (tertiary/aromatic N) is 4. The first-order chi connectivity index (χ1) is 16.1. The second-order valence-electron chi connectivity index (χ2n) is 7.34. The molecular weight excluding hydrogens is 449 g/mol. The molecule has 0 spiro atoms. The zero-order chi connectivity index (χ0) is 24.5. The number of rotatable bonds is 5. The van der Waals surface area contributed by atoms with Gasteiger partial charge < -0.3 is 11.1 Å². The number of carbonyl (C=O) groups is 2. The van der Waals surface area contributed by atoms with Gasteiger partial charge in [-0.1, -0.05) is 24.3 Å². The molecule has 4 rings (SSSR count). The van der Waals surface area contributed by atoms with Gasteiger partial charge in [0.25, 0.3) is 5.91 Å². The Labute approximate surface area is 191 Å². The largest absolute Gasteiger partial charge is 0.420 e. The van der Waals surface area contributed by atoms with E-state index in [-0.39, 0.29) is 11.3 Å². The van der Waals surface area contributed by atoms with E-state index in [0.717, 1.165) is 28.2 Å². The van der Waals surface area contributed by atoms with Crippen LogP contribution in [0.2, 0.25) is 0 Å². The van der Waals surface area contributed by atoms with E-state index in [2.05, 4.69) is 20.5 Å². The average molecular weight is 466 g/mol. The fraction of sp³-hybridized carbons (Fsp3) is 0.0870. The number of nitrogens with one attached hydrogen (secondary N) is 1. The predicted molar refractivity (Wildman–Crippen MR) is 117 cm³/mol. The number of benzene rings is 2. The summed E-state index contributed by atoms with van der Waals surface area (Å²) in [4.78, 5) is 28.8. The molecule has 0 unspecified atom stereocenters. The van der Waals surface area contributed by atoms with E-state index in [1.807, 2.05) is 0 Å². The molecule has 0 aliphatic carbocycles. The van der Waals surface area contributed by atoms with Crippen molar-refractivity contribution in [3.63, 3.8) is 0 Å². The molecule has 2 aromatic heterocycles. The number of nitrogens with two attached hydrogens (primary N) is 1. The van der Waals surface area contributed by atoms with Gasteiger partial charge in [0.1, 0.15) is 5.56 Å². The number of anilines is 1. The SMILES string of the molecule is Cc1cc(-c2cccc(C(N)=O)c2)ccc1C(=O)Nc1cnc(-n2nccn2)c(C(F)(F)F)c1. The third-order valence-electron chi connectivity index (χ3n) is 4.99. The Balaban J connectivity index is 1.61. The summed E-state index contributed by atoms with van der Waals surface area (Å²) in [5.74, 6) is -1.67. The number of primary amides is 1. The number of carbonyl (C=O) groups excluding carboxylic acids is 2. The Hall–Kier alpha value is -4.54. The normalized spacial score (nSPS) is 11.3. The first-order valence-corrected chi connectivity index (χ1v) is 9.89. The van der Waals surface area contributed by atoms with Crippen molar-refractivity contribution in [1.82, 2.24) is 20.0 Å². The Morgan fingerprint density at radius 2 is 1.71 bits per heavy atom. The van der Waals surface area contributed by atoms with Crippen molar-refractivity contribution in [2.45, 2.75) is 13.1 Å². The third-order valence-corrected chi connectivity index (χ3v) is 4.99. The Kier molecular flexibility index (Phi) is 5.84. The van der Waals surface area contributed by atoms with Crippen LogP contribution < -0.4 is 11.1 Å². The zero-order valence-corrected chi connectivity index (χ0v) is 17.7. The molecule has 0 aliphatic heterocycles. The lowest BCUT2D eigenvalue weighted by Crippen LogP contribution is -2.17. The highest BCUT2D eigenvalue weighted by atomic mass is 19.4. The molecule has 172 valence electrons. The van der Waals surface area contributed by atoms with Gasteiger partial charge in [-0.25, -0.2) is 4.98 Å². The number of aromatic nitrogens is 4. The van der Waals surface area contributed by atoms with Crippen LogP contribution in [0.3, 0.4) is 0 Å². The summed E-state index contributed by atoms with van der Waals surface area (Å²) in [6, 6.07) is 12.5. The topological polar surface area (TPSA) is 116 Å². The molecule has 3 N–H and O–H groups in total. The quantitative estimate of drug-likeness (QED) is 0.461. The fourth-order valence-electron chi connectivity index (χ4n) is 3.37. The van der Waals surface area contributed by atoms with E-state index < -0.39 is 29.4 Å². The first-order valence-electron chi connectivity index (χ1n) is 9.89. The average Bonchev–Trinajstić information content (AvgIpc) is 3.33. The van der Waals surface area contributed by atoms with Gasteiger partial charge in [0.05, 0.1) is 24.3 Å². The molecule has 4 aromatic rings. The van der Waals surface area contributed by atoms with Gasteiger partial charge in [0, 0.05) is 11.1 Å². The number of halogens is 3. The van der Waals surface area contributed by atoms with E-state index in [1.165, 1.54) is 12.4 Å². The lowest BCUT2D eigenvalue weighted by Gasteiger charge is -2.14. The summed E-state index contributed by atoms with van der Waals surface area (Å²) in [6.07, 6.45) is -1.18. The Morgan fingerprint density at radius 3 is 2.35 bits per heavy atom. The fourth-order valence-corrected chi connectivity index (χ4v) is 3.37. The molecule has 0 aliphatic rings. The van der Waals surface area contributed by atoms with Gasteiger partial charge >= 0.3 is 6.18 Å². The van der Waals surface area contributed by atoms with Gasteiger partial charge in [0.15, 0.2) is 5.82 Å². The Morgan fingerprint density at radius 1 is 1.00 bits per heavy atom. The number of pyridine rings is 1. The second-order valence-corrected chi connectivity index (χ2v) is 7.34. The lowest BCUT2D eigenvalue weighted by molar-refractivity contribution is -0.137. The van der Waals surface area contributed by atoms with Crippen molar-refractivity contribution in [2.75, 3.05) is 5.32 Å². The lowest BCUT2D eigenvalue weighted by atomic mass is 9.98. The van der Waals surface area contributed by atoms with Gasteiger partial charge in [-0.2, -0.15) is 23.4 Å². The van der Waals surface area contributed by atoms with Crippen LogP contribution in [0, 0.1) is 6.92 Å². The van der Waals surface area contributed by atoms with Gasteiger partial charge in [-0.15, -0.1) is 4.80 Å². The van der Waals surface area contributed by atoms with E-state index in [0.29, 0.717) is 11.1 Å². The first kappa shape index (κ1) is 22.6. The van der Waals surface area contributed by atoms with E-state index in [9.17, 15) is 22.8 Å². The van der Waals surface area contributed by atoms with Crippen LogP contribution in [0.25, 0.3) is 16.9 Å². The highest BCUT2D eigenvalue weighted by Gasteiger charge is 2.36. The minimum Gasteiger partial charge on any atom is -0.366 e. The summed E-state index contributed by atoms with van der Waals surface area (Å²) in [5, 5.41) is 9.83. The molecule has 0 bridgehead atoms. The van der Waals surface area contributed by atoms with Crippen LogP contribution >= 0.6 is 0 Å². The standard InChI is InChI=1S/C23H17F3N6O2/c1-13-9-15(14-3-2-4-16(10-14)20(27)33)5-6-18(13)22(34)31-17-11-19(23(24,25)26)21(28-12-17)32-29-7-8-30-32/h2-12H,1H3,(H2,27,33)(H,31,34). The molecule has 34 heavy (non-hydrogen) atoms. The van der Waals surface area contributed by atoms with Crippen molar-refractivity contribution in [3.05, 3.63) is 89.4 Å². The Bertz CT molecular complexity index is 1380. The van der Waals surface area contributed by atoms with E-state index in [4.69, 9.17) is 5.73 Å². The van der Waals surface area contributed by atoms with Crippen LogP contribution in [-0.4, -0.2) is 31.8 Å². The van der Waals surface area contributed by atoms with Gasteiger partial charge in [0.2, 0.25) is 5.91 Å². The highest BCUT2D eigenvalue weighted by Crippen LogP contribution is 2.34. The number of alkyl halides is 3. The zero-order valence-electron chi connectivity index (χ0n) is 17.7. The van der Waals surface area contributed by atoms with Crippen molar-refractivity contribution in [3.8, 4) is 16.9 Å². The van der Waals surface area contributed by atoms with Crippen LogP contribution in [0.4, 0.5) is 18.9 Å². The predicted octanol–water partition coefficient (Wildman–Crippen LogP) is 4.01. The molecule has 0 saturated heterocycles. The molecule has 2 aromatic carbocycles. The van der Waals surface area contributed by atoms with Crippen molar-refractivity contribution < 1.29 is 22.8 Å². The van der Waals surface area contributed by atoms with Crippen molar-refractivity contribution in [1.29, 1.82) is 0 Å². The molecule has 0 saturated carbocycles. The van der Waals surface area contributed by atoms with Crippen LogP contribution in [-0.2, 0) is 6.18 Å². The summed E-state index contributed by atoms with van der Waals surface area (Å²) >= 11 is 0. The molecule has 11 heteroatoms. The maximum absolute atomic E-state index is 13.6. The third kappa shape index (κ3) is 4.63. The molecular formula is C23H17F3N6O2. The maximum Gasteiger partial charge on any atom is 0.420 e. The van der Waals surface area contributed by atoms with Gasteiger partial charge in [-0.05, 0) is 47.9 Å². The van der Waals surface area contributed by atoms with Crippen LogP contribution in [0.15, 0.2) is 67.1 Å². The van der Waals surface area contributed by atoms with Crippen LogP contribution in [0.1, 0.15) is 31.8 Å². The molecule has 0 atom stereocenters. The van der Waals surface area contributed by atoms with Crippen LogP contribution in [0.5, 0.6) is 0 Å². The molecule has 0 fully saturated rings. The number of amides is 2. The molecule has 2 amide bonds. The van der Waals surface area contributed by atoms with E-state index >= 15 is 0 Å². The maximum atomic E-state index is 13.6. The molecule has 8 nitrogen and oxygen atoms in total. The number of aryl methyl sites for hydroxylation is 1.